The molecule has 2 aliphatic heterocycles. The van der Waals surface area contributed by atoms with Gasteiger partial charge in [0.2, 0.25) is 0 Å². The maximum Gasteiger partial charge on any atom is 0.261 e. The minimum absolute atomic E-state index is 0.0535. The summed E-state index contributed by atoms with van der Waals surface area (Å²) in [6, 6.07) is 12.0. The Balaban J connectivity index is 0.000000406. The zero-order valence-corrected chi connectivity index (χ0v) is 20.8. The van der Waals surface area contributed by atoms with Crippen molar-refractivity contribution in [1.82, 2.24) is 4.90 Å². The Bertz CT molecular complexity index is 1500. The van der Waals surface area contributed by atoms with Crippen LogP contribution in [0.4, 0.5) is 0 Å². The lowest BCUT2D eigenvalue weighted by Crippen LogP contribution is -2.74. The van der Waals surface area contributed by atoms with Gasteiger partial charge in [-0.1, -0.05) is 24.3 Å². The summed E-state index contributed by atoms with van der Waals surface area (Å²) in [7, 11) is -3.67. The quantitative estimate of drug-likeness (QED) is 0.448. The molecule has 8 rings (SSSR count). The van der Waals surface area contributed by atoms with Crippen LogP contribution >= 0.6 is 0 Å². The molecule has 3 heterocycles. The van der Waals surface area contributed by atoms with Crippen molar-refractivity contribution in [3.05, 3.63) is 58.8 Å². The Morgan fingerprint density at radius 1 is 1.17 bits per heavy atom. The molecule has 5 aliphatic rings. The van der Waals surface area contributed by atoms with Gasteiger partial charge in [-0.15, -0.1) is 0 Å². The number of para-hydroxylation sites is 1. The molecule has 1 saturated carbocycles. The standard InChI is InChI=1S/C26H25NO4.CH4O3S/c28-18-8-7-15-11-20-26(29)12-17-16-3-1-2-4-19(16)30-22(17)24-25(26,21(15)23(18)31-24)9-10-27(20)13-14-5-6-14;1-5(2,3)4/h1-4,7-8,14,20,24,28-29H,5-6,9-13H2;1H3,(H,2,3,4)/t20-,24?,25+,26-;/m1./s1. The number of furan rings is 1. The average Bonchev–Trinajstić information content (AvgIpc) is 3.44. The second-order valence-corrected chi connectivity index (χ2v) is 12.6. The Labute approximate surface area is 209 Å². The summed E-state index contributed by atoms with van der Waals surface area (Å²) < 4.78 is 38.8. The molecule has 8 nitrogen and oxygen atoms in total. The molecule has 1 spiro atoms. The van der Waals surface area contributed by atoms with Crippen LogP contribution in [0.15, 0.2) is 40.8 Å². The number of ether oxygens (including phenoxy) is 1. The first-order chi connectivity index (χ1) is 17.1. The van der Waals surface area contributed by atoms with Crippen LogP contribution < -0.4 is 4.74 Å². The summed E-state index contributed by atoms with van der Waals surface area (Å²) in [6.07, 6.45) is 5.12. The van der Waals surface area contributed by atoms with E-state index in [2.05, 4.69) is 11.0 Å². The lowest BCUT2D eigenvalue weighted by atomic mass is 9.49. The van der Waals surface area contributed by atoms with E-state index in [0.717, 1.165) is 59.7 Å². The zero-order valence-electron chi connectivity index (χ0n) is 20.0. The molecule has 1 unspecified atom stereocenters. The summed E-state index contributed by atoms with van der Waals surface area (Å²) in [5.41, 5.74) is 2.65. The van der Waals surface area contributed by atoms with Crippen molar-refractivity contribution in [3.8, 4) is 11.5 Å². The van der Waals surface area contributed by atoms with E-state index in [1.807, 2.05) is 24.3 Å². The van der Waals surface area contributed by atoms with Crippen molar-refractivity contribution in [3.63, 3.8) is 0 Å². The van der Waals surface area contributed by atoms with Crippen LogP contribution in [0, 0.1) is 5.92 Å². The minimum atomic E-state index is -3.67. The molecular weight excluding hydrogens is 482 g/mol. The van der Waals surface area contributed by atoms with E-state index in [0.29, 0.717) is 18.4 Å². The molecule has 3 aromatic rings. The van der Waals surface area contributed by atoms with Gasteiger partial charge in [0.15, 0.2) is 17.6 Å². The summed E-state index contributed by atoms with van der Waals surface area (Å²) in [4.78, 5) is 2.56. The van der Waals surface area contributed by atoms with Gasteiger partial charge in [0, 0.05) is 35.5 Å². The van der Waals surface area contributed by atoms with Crippen molar-refractivity contribution in [2.24, 2.45) is 5.92 Å². The van der Waals surface area contributed by atoms with Crippen molar-refractivity contribution in [2.75, 3.05) is 19.3 Å². The fourth-order valence-electron chi connectivity index (χ4n) is 7.42. The van der Waals surface area contributed by atoms with Crippen LogP contribution in [0.1, 0.15) is 47.8 Å². The summed E-state index contributed by atoms with van der Waals surface area (Å²) in [6.45, 7) is 2.03. The highest BCUT2D eigenvalue weighted by molar-refractivity contribution is 7.85. The Kier molecular flexibility index (Phi) is 4.55. The third-order valence-corrected chi connectivity index (χ3v) is 8.93. The summed E-state index contributed by atoms with van der Waals surface area (Å²) in [5, 5.41) is 24.5. The molecular formula is C27H29NO7S. The molecule has 190 valence electrons. The third-order valence-electron chi connectivity index (χ3n) is 8.93. The number of nitrogens with zero attached hydrogens (tertiary/aromatic N) is 1. The van der Waals surface area contributed by atoms with Gasteiger partial charge in [0.1, 0.15) is 11.3 Å². The summed E-state index contributed by atoms with van der Waals surface area (Å²) >= 11 is 0. The molecule has 2 fully saturated rings. The highest BCUT2D eigenvalue weighted by Crippen LogP contribution is 2.69. The van der Waals surface area contributed by atoms with Crippen LogP contribution in [-0.2, 0) is 28.4 Å². The fourth-order valence-corrected chi connectivity index (χ4v) is 7.42. The molecule has 9 heteroatoms. The first-order valence-electron chi connectivity index (χ1n) is 12.5. The van der Waals surface area contributed by atoms with Crippen LogP contribution in [0.2, 0.25) is 0 Å². The van der Waals surface area contributed by atoms with Gasteiger partial charge in [0.05, 0.1) is 17.3 Å². The molecule has 2 aromatic carbocycles. The largest absolute Gasteiger partial charge is 0.504 e. The highest BCUT2D eigenvalue weighted by Gasteiger charge is 2.73. The molecule has 3 N–H and O–H groups in total. The van der Waals surface area contributed by atoms with E-state index in [1.165, 1.54) is 18.4 Å². The van der Waals surface area contributed by atoms with E-state index in [1.54, 1.807) is 6.07 Å². The number of likely N-dealkylation sites (tertiary alicyclic amines) is 1. The predicted molar refractivity (Wildman–Crippen MR) is 132 cm³/mol. The second kappa shape index (κ2) is 7.25. The van der Waals surface area contributed by atoms with Gasteiger partial charge in [-0.2, -0.15) is 8.42 Å². The average molecular weight is 512 g/mol. The molecule has 0 amide bonds. The van der Waals surface area contributed by atoms with Crippen molar-refractivity contribution >= 4 is 21.1 Å². The SMILES string of the molecule is CS(=O)(=O)O.Oc1ccc2c3c1OC1c4oc5ccccc5c4C[C@@]4(O)[C@@H](C2)N(CC2CC2)CC[C@]314. The number of rotatable bonds is 2. The molecule has 36 heavy (non-hydrogen) atoms. The van der Waals surface area contributed by atoms with E-state index in [-0.39, 0.29) is 11.8 Å². The molecule has 4 atom stereocenters. The summed E-state index contributed by atoms with van der Waals surface area (Å²) in [5.74, 6) is 2.34. The smallest absolute Gasteiger partial charge is 0.261 e. The van der Waals surface area contributed by atoms with Gasteiger partial charge < -0.3 is 19.4 Å². The number of fused-ring (bicyclic) bond motifs is 4. The topological polar surface area (TPSA) is 120 Å². The van der Waals surface area contributed by atoms with Crippen LogP contribution in [-0.4, -0.2) is 59.1 Å². The van der Waals surface area contributed by atoms with Crippen molar-refractivity contribution in [1.29, 1.82) is 0 Å². The lowest BCUT2D eigenvalue weighted by molar-refractivity contribution is -0.175. The number of aromatic hydroxyl groups is 1. The van der Waals surface area contributed by atoms with Gasteiger partial charge in [0.25, 0.3) is 10.1 Å². The molecule has 1 aromatic heterocycles. The van der Waals surface area contributed by atoms with E-state index >= 15 is 0 Å². The maximum absolute atomic E-state index is 12.7. The van der Waals surface area contributed by atoms with Crippen LogP contribution in [0.3, 0.4) is 0 Å². The van der Waals surface area contributed by atoms with Crippen LogP contribution in [0.25, 0.3) is 11.0 Å². The molecule has 2 bridgehead atoms. The highest BCUT2D eigenvalue weighted by atomic mass is 32.2. The minimum Gasteiger partial charge on any atom is -0.504 e. The number of hydrogen-bond acceptors (Lipinski definition) is 7. The number of benzene rings is 2. The first kappa shape index (κ1) is 22.6. The van der Waals surface area contributed by atoms with E-state index < -0.39 is 27.2 Å². The number of phenolic OH excluding ortho intramolecular Hbond substituents is 1. The maximum atomic E-state index is 12.7. The monoisotopic (exact) mass is 511 g/mol. The number of hydrogen-bond donors (Lipinski definition) is 3. The third kappa shape index (κ3) is 3.00. The van der Waals surface area contributed by atoms with E-state index in [9.17, 15) is 18.6 Å². The fraction of sp³-hybridized carbons (Fsp3) is 0.481. The first-order valence-corrected chi connectivity index (χ1v) is 14.4. The predicted octanol–water partition coefficient (Wildman–Crippen LogP) is 3.34. The van der Waals surface area contributed by atoms with Crippen molar-refractivity contribution in [2.45, 2.75) is 55.3 Å². The second-order valence-electron chi connectivity index (χ2n) is 11.1. The Hall–Kier alpha value is -2.59. The number of piperidine rings is 1. The number of phenols is 1. The van der Waals surface area contributed by atoms with Gasteiger partial charge in [-0.25, -0.2) is 0 Å². The zero-order chi connectivity index (χ0) is 25.0. The molecule has 1 saturated heterocycles. The van der Waals surface area contributed by atoms with Gasteiger partial charge >= 0.3 is 0 Å². The van der Waals surface area contributed by atoms with E-state index in [4.69, 9.17) is 13.7 Å². The molecule has 0 radical (unpaired) electrons. The Morgan fingerprint density at radius 2 is 1.92 bits per heavy atom. The Morgan fingerprint density at radius 3 is 2.67 bits per heavy atom. The van der Waals surface area contributed by atoms with Crippen molar-refractivity contribution < 1.29 is 32.3 Å². The number of aliphatic hydroxyl groups is 1. The molecule has 3 aliphatic carbocycles. The normalized spacial score (nSPS) is 31.8. The van der Waals surface area contributed by atoms with Crippen LogP contribution in [0.5, 0.6) is 11.5 Å². The lowest BCUT2D eigenvalue weighted by Gasteiger charge is -2.62. The van der Waals surface area contributed by atoms with Gasteiger partial charge in [-0.3, -0.25) is 9.45 Å². The van der Waals surface area contributed by atoms with Gasteiger partial charge in [-0.05, 0) is 55.8 Å².